The van der Waals surface area contributed by atoms with Crippen molar-refractivity contribution in [2.75, 3.05) is 7.11 Å². The molecule has 1 aromatic carbocycles. The number of non-ortho nitro benzene ring substituents is 1. The number of nitrogens with one attached hydrogen (secondary N) is 2. The van der Waals surface area contributed by atoms with Gasteiger partial charge in [0.05, 0.1) is 18.1 Å². The molecule has 9 heteroatoms. The van der Waals surface area contributed by atoms with Crippen molar-refractivity contribution in [1.82, 2.24) is 10.6 Å². The first-order chi connectivity index (χ1) is 9.83. The number of nitro benzene ring substituents is 1. The summed E-state index contributed by atoms with van der Waals surface area (Å²) in [6, 6.07) is 2.37. The Morgan fingerprint density at radius 1 is 1.43 bits per heavy atom. The van der Waals surface area contributed by atoms with Crippen molar-refractivity contribution in [3.05, 3.63) is 33.9 Å². The predicted octanol–water partition coefficient (Wildman–Crippen LogP) is 0.876. The Balaban J connectivity index is 2.70. The zero-order valence-corrected chi connectivity index (χ0v) is 11.5. The SMILES string of the molecule is COc1cc(CNC(=O)NC(C)C(=O)O)cc([N+](=O)[O-])c1. The fourth-order valence-corrected chi connectivity index (χ4v) is 1.46. The molecule has 0 saturated heterocycles. The predicted molar refractivity (Wildman–Crippen MR) is 72.1 cm³/mol. The molecule has 0 fully saturated rings. The summed E-state index contributed by atoms with van der Waals surface area (Å²) in [7, 11) is 1.37. The molecule has 0 aliphatic carbocycles. The van der Waals surface area contributed by atoms with Crippen molar-refractivity contribution in [2.24, 2.45) is 0 Å². The summed E-state index contributed by atoms with van der Waals surface area (Å²) in [6.45, 7) is 1.31. The first-order valence-electron chi connectivity index (χ1n) is 5.93. The van der Waals surface area contributed by atoms with Gasteiger partial charge < -0.3 is 20.5 Å². The molecule has 21 heavy (non-hydrogen) atoms. The second kappa shape index (κ2) is 7.08. The quantitative estimate of drug-likeness (QED) is 0.527. The van der Waals surface area contributed by atoms with Gasteiger partial charge in [0.25, 0.3) is 5.69 Å². The minimum atomic E-state index is -1.16. The Bertz CT molecular complexity index is 560. The fourth-order valence-electron chi connectivity index (χ4n) is 1.46. The Morgan fingerprint density at radius 3 is 2.62 bits per heavy atom. The molecular formula is C12H15N3O6. The largest absolute Gasteiger partial charge is 0.496 e. The lowest BCUT2D eigenvalue weighted by Gasteiger charge is -2.11. The molecule has 0 radical (unpaired) electrons. The Morgan fingerprint density at radius 2 is 2.10 bits per heavy atom. The molecule has 0 saturated carbocycles. The number of methoxy groups -OCH3 is 1. The third kappa shape index (κ3) is 4.97. The summed E-state index contributed by atoms with van der Waals surface area (Å²) in [5, 5.41) is 24.0. The van der Waals surface area contributed by atoms with Crippen molar-refractivity contribution in [3.8, 4) is 5.75 Å². The van der Waals surface area contributed by atoms with Gasteiger partial charge in [-0.05, 0) is 18.6 Å². The average Bonchev–Trinajstić information content (AvgIpc) is 2.44. The zero-order chi connectivity index (χ0) is 16.0. The summed E-state index contributed by atoms with van der Waals surface area (Å²) >= 11 is 0. The number of aliphatic carboxylic acids is 1. The summed E-state index contributed by atoms with van der Waals surface area (Å²) < 4.78 is 4.94. The highest BCUT2D eigenvalue weighted by Gasteiger charge is 2.14. The normalized spacial score (nSPS) is 11.3. The van der Waals surface area contributed by atoms with Crippen LogP contribution in [-0.4, -0.2) is 35.2 Å². The number of hydrogen-bond donors (Lipinski definition) is 3. The monoisotopic (exact) mass is 297 g/mol. The van der Waals surface area contributed by atoms with Crippen LogP contribution >= 0.6 is 0 Å². The smallest absolute Gasteiger partial charge is 0.325 e. The second-order valence-electron chi connectivity index (χ2n) is 4.18. The molecule has 0 aromatic heterocycles. The van der Waals surface area contributed by atoms with Crippen LogP contribution in [0.3, 0.4) is 0 Å². The van der Waals surface area contributed by atoms with Crippen molar-refractivity contribution < 1.29 is 24.4 Å². The zero-order valence-electron chi connectivity index (χ0n) is 11.5. The summed E-state index contributed by atoms with van der Waals surface area (Å²) in [5.41, 5.74) is 0.296. The van der Waals surface area contributed by atoms with Crippen LogP contribution in [0.15, 0.2) is 18.2 Å². The van der Waals surface area contributed by atoms with Gasteiger partial charge in [0, 0.05) is 12.6 Å². The Kier molecular flexibility index (Phi) is 5.47. The Labute approximate surface area is 120 Å². The number of ether oxygens (including phenoxy) is 1. The molecule has 0 spiro atoms. The number of carbonyl (C=O) groups is 2. The molecule has 0 aliphatic rings. The fraction of sp³-hybridized carbons (Fsp3) is 0.333. The minimum Gasteiger partial charge on any atom is -0.496 e. The van der Waals surface area contributed by atoms with E-state index in [0.29, 0.717) is 11.3 Å². The summed E-state index contributed by atoms with van der Waals surface area (Å²) in [4.78, 5) is 32.2. The minimum absolute atomic E-state index is 0.00376. The van der Waals surface area contributed by atoms with E-state index in [-0.39, 0.29) is 12.2 Å². The molecule has 1 aromatic rings. The van der Waals surface area contributed by atoms with E-state index >= 15 is 0 Å². The van der Waals surface area contributed by atoms with E-state index in [4.69, 9.17) is 9.84 Å². The number of carboxylic acid groups (broad SMARTS) is 1. The van der Waals surface area contributed by atoms with Crippen LogP contribution in [0, 0.1) is 10.1 Å². The van der Waals surface area contributed by atoms with Crippen molar-refractivity contribution in [1.29, 1.82) is 0 Å². The van der Waals surface area contributed by atoms with Gasteiger partial charge >= 0.3 is 12.0 Å². The first-order valence-corrected chi connectivity index (χ1v) is 5.93. The van der Waals surface area contributed by atoms with Gasteiger partial charge in [0.2, 0.25) is 0 Å². The number of carbonyl (C=O) groups excluding carboxylic acids is 1. The van der Waals surface area contributed by atoms with E-state index < -0.39 is 23.0 Å². The second-order valence-corrected chi connectivity index (χ2v) is 4.18. The number of nitrogens with zero attached hydrogens (tertiary/aromatic N) is 1. The van der Waals surface area contributed by atoms with E-state index in [0.717, 1.165) is 0 Å². The van der Waals surface area contributed by atoms with Gasteiger partial charge in [0.15, 0.2) is 0 Å². The van der Waals surface area contributed by atoms with Crippen molar-refractivity contribution >= 4 is 17.7 Å². The molecule has 3 N–H and O–H groups in total. The van der Waals surface area contributed by atoms with E-state index in [1.807, 2.05) is 0 Å². The van der Waals surface area contributed by atoms with Crippen LogP contribution in [0.5, 0.6) is 5.75 Å². The third-order valence-corrected chi connectivity index (χ3v) is 2.57. The molecule has 0 bridgehead atoms. The van der Waals surface area contributed by atoms with Gasteiger partial charge in [-0.1, -0.05) is 0 Å². The molecule has 1 rings (SSSR count). The molecule has 1 atom stereocenters. The molecule has 0 heterocycles. The highest BCUT2D eigenvalue weighted by molar-refractivity contribution is 5.82. The lowest BCUT2D eigenvalue weighted by Crippen LogP contribution is -2.44. The third-order valence-electron chi connectivity index (χ3n) is 2.57. The van der Waals surface area contributed by atoms with Gasteiger partial charge in [-0.2, -0.15) is 0 Å². The Hall–Kier alpha value is -2.84. The van der Waals surface area contributed by atoms with Crippen LogP contribution in [0.1, 0.15) is 12.5 Å². The van der Waals surface area contributed by atoms with Gasteiger partial charge in [0.1, 0.15) is 11.8 Å². The summed E-state index contributed by atoms with van der Waals surface area (Å²) in [6.07, 6.45) is 0. The maximum Gasteiger partial charge on any atom is 0.325 e. The molecular weight excluding hydrogens is 282 g/mol. The highest BCUT2D eigenvalue weighted by Crippen LogP contribution is 2.22. The van der Waals surface area contributed by atoms with Crippen LogP contribution in [-0.2, 0) is 11.3 Å². The number of rotatable bonds is 6. The van der Waals surface area contributed by atoms with Crippen LogP contribution in [0.2, 0.25) is 0 Å². The lowest BCUT2D eigenvalue weighted by molar-refractivity contribution is -0.385. The van der Waals surface area contributed by atoms with Gasteiger partial charge in [-0.25, -0.2) is 4.79 Å². The van der Waals surface area contributed by atoms with Gasteiger partial charge in [-0.15, -0.1) is 0 Å². The van der Waals surface area contributed by atoms with Crippen molar-refractivity contribution in [3.63, 3.8) is 0 Å². The number of hydrogen-bond acceptors (Lipinski definition) is 5. The maximum atomic E-state index is 11.5. The van der Waals surface area contributed by atoms with E-state index in [9.17, 15) is 19.7 Å². The number of carboxylic acids is 1. The topological polar surface area (TPSA) is 131 Å². The van der Waals surface area contributed by atoms with Crippen LogP contribution in [0.4, 0.5) is 10.5 Å². The van der Waals surface area contributed by atoms with Crippen LogP contribution in [0.25, 0.3) is 0 Å². The van der Waals surface area contributed by atoms with E-state index in [1.165, 1.54) is 32.2 Å². The highest BCUT2D eigenvalue weighted by atomic mass is 16.6. The van der Waals surface area contributed by atoms with Crippen molar-refractivity contribution in [2.45, 2.75) is 19.5 Å². The number of amides is 2. The molecule has 114 valence electrons. The first kappa shape index (κ1) is 16.2. The van der Waals surface area contributed by atoms with E-state index in [2.05, 4.69) is 10.6 Å². The molecule has 9 nitrogen and oxygen atoms in total. The van der Waals surface area contributed by atoms with Gasteiger partial charge in [-0.3, -0.25) is 14.9 Å². The standard InChI is InChI=1S/C12H15N3O6/c1-7(11(16)17)14-12(18)13-6-8-3-9(15(19)20)5-10(4-8)21-2/h3-5,7H,6H2,1-2H3,(H,16,17)(H2,13,14,18). The molecule has 1 unspecified atom stereocenters. The number of benzene rings is 1. The number of urea groups is 1. The lowest BCUT2D eigenvalue weighted by atomic mass is 10.2. The molecule has 0 aliphatic heterocycles. The maximum absolute atomic E-state index is 11.5. The number of nitro groups is 1. The van der Waals surface area contributed by atoms with E-state index in [1.54, 1.807) is 0 Å². The summed E-state index contributed by atoms with van der Waals surface area (Å²) in [5.74, 6) is -0.873. The average molecular weight is 297 g/mol. The molecule has 2 amide bonds. The van der Waals surface area contributed by atoms with Crippen LogP contribution < -0.4 is 15.4 Å².